The molecule has 1 aromatic rings. The number of amides is 2. The molecule has 17 heavy (non-hydrogen) atoms. The maximum atomic E-state index is 11.6. The summed E-state index contributed by atoms with van der Waals surface area (Å²) in [6.07, 6.45) is 1.60. The Balaban J connectivity index is 2.59. The normalized spacial score (nSPS) is 10.8. The summed E-state index contributed by atoms with van der Waals surface area (Å²) in [6, 6.07) is 9.59. The molecule has 2 amide bonds. The van der Waals surface area contributed by atoms with E-state index in [2.05, 4.69) is 5.32 Å². The number of carbonyl (C=O) groups excluding carboxylic acids is 2. The lowest BCUT2D eigenvalue weighted by molar-refractivity contribution is -0.125. The smallest absolute Gasteiger partial charge is 0.250 e. The average Bonchev–Trinajstić information content (AvgIpc) is 2.30. The summed E-state index contributed by atoms with van der Waals surface area (Å²) in [7, 11) is 1.67. The van der Waals surface area contributed by atoms with Crippen LogP contribution in [0.1, 0.15) is 5.56 Å². The molecule has 0 aromatic heterocycles. The first-order valence-corrected chi connectivity index (χ1v) is 5.10. The quantitative estimate of drug-likeness (QED) is 0.563. The lowest BCUT2D eigenvalue weighted by atomic mass is 10.2. The summed E-state index contributed by atoms with van der Waals surface area (Å²) in [5, 5.41) is 2.21. The topological polar surface area (TPSA) is 75.4 Å². The molecule has 5 nitrogen and oxygen atoms in total. The zero-order valence-corrected chi connectivity index (χ0v) is 9.59. The Bertz CT molecular complexity index is 415. The van der Waals surface area contributed by atoms with E-state index in [0.717, 1.165) is 5.56 Å². The predicted molar refractivity (Wildman–Crippen MR) is 64.4 cm³/mol. The number of hydrogen-bond acceptors (Lipinski definition) is 3. The van der Waals surface area contributed by atoms with Gasteiger partial charge in [-0.1, -0.05) is 30.3 Å². The fraction of sp³-hybridized carbons (Fsp3) is 0.167. The molecule has 0 heterocycles. The van der Waals surface area contributed by atoms with Crippen molar-refractivity contribution in [2.24, 2.45) is 5.73 Å². The lowest BCUT2D eigenvalue weighted by Crippen LogP contribution is -2.27. The number of carbonyl (C=O) groups is 2. The molecule has 0 saturated heterocycles. The number of nitrogens with two attached hydrogens (primary N) is 1. The third-order valence-electron chi connectivity index (χ3n) is 2.14. The molecule has 0 spiro atoms. The van der Waals surface area contributed by atoms with E-state index in [9.17, 15) is 9.59 Å². The van der Waals surface area contributed by atoms with Crippen molar-refractivity contribution in [3.8, 4) is 0 Å². The van der Waals surface area contributed by atoms with Crippen molar-refractivity contribution in [2.45, 2.75) is 6.54 Å². The predicted octanol–water partition coefficient (Wildman–Crippen LogP) is 0.191. The summed E-state index contributed by atoms with van der Waals surface area (Å²) < 4.78 is 0. The van der Waals surface area contributed by atoms with Gasteiger partial charge in [0.05, 0.1) is 0 Å². The standard InChI is InChI=1S/C12H15N3O2/c1-15(8-10-5-3-2-4-6-10)12(17)7-11(13)14-9-16/h2-7,9H,8,13H2,1H3,(H,14,16)/b11-7-. The Morgan fingerprint density at radius 3 is 2.65 bits per heavy atom. The van der Waals surface area contributed by atoms with Crippen molar-refractivity contribution in [3.63, 3.8) is 0 Å². The second-order valence-electron chi connectivity index (χ2n) is 3.54. The van der Waals surface area contributed by atoms with Crippen molar-refractivity contribution < 1.29 is 9.59 Å². The Hall–Kier alpha value is -2.30. The van der Waals surface area contributed by atoms with Crippen molar-refractivity contribution in [1.29, 1.82) is 0 Å². The Labute approximate surface area is 99.9 Å². The fourth-order valence-electron chi connectivity index (χ4n) is 1.29. The van der Waals surface area contributed by atoms with Gasteiger partial charge in [-0.3, -0.25) is 9.59 Å². The molecule has 0 fully saturated rings. The van der Waals surface area contributed by atoms with Gasteiger partial charge in [-0.25, -0.2) is 0 Å². The molecule has 0 aliphatic rings. The average molecular weight is 233 g/mol. The van der Waals surface area contributed by atoms with Crippen LogP contribution in [0.25, 0.3) is 0 Å². The first-order chi connectivity index (χ1) is 8.13. The van der Waals surface area contributed by atoms with Gasteiger partial charge >= 0.3 is 0 Å². The highest BCUT2D eigenvalue weighted by Crippen LogP contribution is 2.03. The van der Waals surface area contributed by atoms with Crippen LogP contribution in [0.3, 0.4) is 0 Å². The lowest BCUT2D eigenvalue weighted by Gasteiger charge is -2.15. The highest BCUT2D eigenvalue weighted by molar-refractivity contribution is 5.88. The van der Waals surface area contributed by atoms with E-state index in [1.807, 2.05) is 30.3 Å². The number of benzene rings is 1. The number of rotatable bonds is 5. The maximum Gasteiger partial charge on any atom is 0.250 e. The maximum absolute atomic E-state index is 11.6. The molecule has 5 heteroatoms. The third-order valence-corrected chi connectivity index (χ3v) is 2.14. The fourth-order valence-corrected chi connectivity index (χ4v) is 1.29. The van der Waals surface area contributed by atoms with E-state index in [0.29, 0.717) is 13.0 Å². The molecule has 0 saturated carbocycles. The molecule has 90 valence electrons. The zero-order chi connectivity index (χ0) is 12.7. The van der Waals surface area contributed by atoms with E-state index in [1.54, 1.807) is 7.05 Å². The molecular weight excluding hydrogens is 218 g/mol. The molecule has 0 bridgehead atoms. The molecule has 0 unspecified atom stereocenters. The number of hydrogen-bond donors (Lipinski definition) is 2. The molecule has 3 N–H and O–H groups in total. The van der Waals surface area contributed by atoms with Crippen molar-refractivity contribution in [3.05, 3.63) is 47.8 Å². The van der Waals surface area contributed by atoms with E-state index < -0.39 is 0 Å². The van der Waals surface area contributed by atoms with E-state index >= 15 is 0 Å². The summed E-state index contributed by atoms with van der Waals surface area (Å²) in [6.45, 7) is 0.491. The Kier molecular flexibility index (Phi) is 4.75. The van der Waals surface area contributed by atoms with Gasteiger partial charge in [0.2, 0.25) is 12.3 Å². The van der Waals surface area contributed by atoms with Crippen LogP contribution in [0.5, 0.6) is 0 Å². The largest absolute Gasteiger partial charge is 0.385 e. The van der Waals surface area contributed by atoms with Crippen LogP contribution < -0.4 is 11.1 Å². The van der Waals surface area contributed by atoms with Crippen LogP contribution in [0.2, 0.25) is 0 Å². The van der Waals surface area contributed by atoms with E-state index in [-0.39, 0.29) is 11.7 Å². The van der Waals surface area contributed by atoms with Crippen LogP contribution in [0.15, 0.2) is 42.2 Å². The zero-order valence-electron chi connectivity index (χ0n) is 9.59. The molecule has 1 rings (SSSR count). The third kappa shape index (κ3) is 4.38. The summed E-state index contributed by atoms with van der Waals surface area (Å²) in [4.78, 5) is 23.3. The molecule has 0 radical (unpaired) electrons. The van der Waals surface area contributed by atoms with Crippen LogP contribution in [0, 0.1) is 0 Å². The Morgan fingerprint density at radius 1 is 1.41 bits per heavy atom. The van der Waals surface area contributed by atoms with E-state index in [4.69, 9.17) is 5.73 Å². The minimum absolute atomic E-state index is 0.0323. The van der Waals surface area contributed by atoms with E-state index in [1.165, 1.54) is 11.0 Å². The van der Waals surface area contributed by atoms with Gasteiger partial charge in [0.1, 0.15) is 5.82 Å². The molecule has 1 aromatic carbocycles. The van der Waals surface area contributed by atoms with Gasteiger partial charge in [0, 0.05) is 19.7 Å². The Morgan fingerprint density at radius 2 is 2.06 bits per heavy atom. The highest BCUT2D eigenvalue weighted by atomic mass is 16.2. The molecule has 0 atom stereocenters. The molecule has 0 aliphatic heterocycles. The van der Waals surface area contributed by atoms with Crippen LogP contribution in [-0.2, 0) is 16.1 Å². The molecule has 0 aliphatic carbocycles. The summed E-state index contributed by atoms with van der Waals surface area (Å²) in [5.41, 5.74) is 6.41. The second-order valence-corrected chi connectivity index (χ2v) is 3.54. The minimum atomic E-state index is -0.263. The van der Waals surface area contributed by atoms with Crippen LogP contribution in [-0.4, -0.2) is 24.3 Å². The number of nitrogens with zero attached hydrogens (tertiary/aromatic N) is 1. The highest BCUT2D eigenvalue weighted by Gasteiger charge is 2.06. The second kappa shape index (κ2) is 6.32. The first kappa shape index (κ1) is 12.8. The summed E-state index contributed by atoms with van der Waals surface area (Å²) in [5.74, 6) is -0.231. The first-order valence-electron chi connectivity index (χ1n) is 5.10. The van der Waals surface area contributed by atoms with Gasteiger partial charge in [0.25, 0.3) is 0 Å². The SMILES string of the molecule is CN(Cc1ccccc1)C(=O)/C=C(/N)NC=O. The monoisotopic (exact) mass is 233 g/mol. The van der Waals surface area contributed by atoms with Crippen molar-refractivity contribution in [1.82, 2.24) is 10.2 Å². The van der Waals surface area contributed by atoms with Crippen LogP contribution >= 0.6 is 0 Å². The van der Waals surface area contributed by atoms with Gasteiger partial charge in [-0.15, -0.1) is 0 Å². The van der Waals surface area contributed by atoms with Crippen LogP contribution in [0.4, 0.5) is 0 Å². The number of nitrogens with one attached hydrogen (secondary N) is 1. The van der Waals surface area contributed by atoms with Gasteiger partial charge < -0.3 is 16.0 Å². The molecular formula is C12H15N3O2. The summed E-state index contributed by atoms with van der Waals surface area (Å²) >= 11 is 0. The number of likely N-dealkylation sites (N-methyl/N-ethyl adjacent to an activating group) is 1. The van der Waals surface area contributed by atoms with Gasteiger partial charge in [-0.2, -0.15) is 0 Å². The van der Waals surface area contributed by atoms with Gasteiger partial charge in [0.15, 0.2) is 0 Å². The van der Waals surface area contributed by atoms with Crippen molar-refractivity contribution >= 4 is 12.3 Å². The van der Waals surface area contributed by atoms with Crippen molar-refractivity contribution in [2.75, 3.05) is 7.05 Å². The van der Waals surface area contributed by atoms with Gasteiger partial charge in [-0.05, 0) is 5.56 Å². The minimum Gasteiger partial charge on any atom is -0.385 e.